The SMILES string of the molecule is CCC[Si]1(C)CCCCO1.CO. The maximum Gasteiger partial charge on any atom is 0.189 e. The fourth-order valence-corrected chi connectivity index (χ4v) is 4.95. The van der Waals surface area contributed by atoms with Gasteiger partial charge in [-0.25, -0.2) is 0 Å². The molecule has 1 aliphatic rings. The molecule has 1 aliphatic heterocycles. The number of hydrogen-bond donors (Lipinski definition) is 1. The summed E-state index contributed by atoms with van der Waals surface area (Å²) in [7, 11) is -0.137. The van der Waals surface area contributed by atoms with E-state index in [9.17, 15) is 0 Å². The highest BCUT2D eigenvalue weighted by Crippen LogP contribution is 2.26. The molecular formula is C9H22O2Si. The second-order valence-electron chi connectivity index (χ2n) is 3.51. The van der Waals surface area contributed by atoms with Gasteiger partial charge in [0.05, 0.1) is 0 Å². The molecule has 1 saturated heterocycles. The predicted molar refractivity (Wildman–Crippen MR) is 54.9 cm³/mol. The van der Waals surface area contributed by atoms with Gasteiger partial charge < -0.3 is 9.53 Å². The molecule has 0 aromatic heterocycles. The molecule has 0 aromatic carbocycles. The van der Waals surface area contributed by atoms with Gasteiger partial charge in [-0.2, -0.15) is 0 Å². The Kier molecular flexibility index (Phi) is 6.71. The first kappa shape index (κ1) is 12.1. The van der Waals surface area contributed by atoms with Gasteiger partial charge in [0, 0.05) is 13.7 Å². The third kappa shape index (κ3) is 4.23. The van der Waals surface area contributed by atoms with Crippen LogP contribution >= 0.6 is 0 Å². The Labute approximate surface area is 77.1 Å². The molecule has 2 nitrogen and oxygen atoms in total. The first-order chi connectivity index (χ1) is 5.77. The van der Waals surface area contributed by atoms with Crippen LogP contribution in [0.3, 0.4) is 0 Å². The summed E-state index contributed by atoms with van der Waals surface area (Å²) in [5, 5.41) is 7.00. The van der Waals surface area contributed by atoms with E-state index in [0.29, 0.717) is 0 Å². The van der Waals surface area contributed by atoms with Crippen LogP contribution in [-0.2, 0) is 4.43 Å². The van der Waals surface area contributed by atoms with Crippen LogP contribution in [0.25, 0.3) is 0 Å². The van der Waals surface area contributed by atoms with E-state index in [1.807, 2.05) is 0 Å². The highest BCUT2D eigenvalue weighted by atomic mass is 28.4. The van der Waals surface area contributed by atoms with Gasteiger partial charge in [0.25, 0.3) is 0 Å². The monoisotopic (exact) mass is 190 g/mol. The lowest BCUT2D eigenvalue weighted by Gasteiger charge is -2.31. The third-order valence-corrected chi connectivity index (χ3v) is 6.20. The van der Waals surface area contributed by atoms with Crippen LogP contribution in [-0.4, -0.2) is 27.1 Å². The van der Waals surface area contributed by atoms with Crippen molar-refractivity contribution in [3.63, 3.8) is 0 Å². The number of aliphatic hydroxyl groups excluding tert-OH is 1. The van der Waals surface area contributed by atoms with Gasteiger partial charge >= 0.3 is 0 Å². The molecule has 3 heteroatoms. The van der Waals surface area contributed by atoms with E-state index in [0.717, 1.165) is 13.7 Å². The molecule has 1 N–H and O–H groups in total. The molecule has 0 saturated carbocycles. The van der Waals surface area contributed by atoms with Crippen molar-refractivity contribution < 1.29 is 9.53 Å². The summed E-state index contributed by atoms with van der Waals surface area (Å²) in [4.78, 5) is 0. The van der Waals surface area contributed by atoms with Crippen molar-refractivity contribution in [2.75, 3.05) is 13.7 Å². The number of aliphatic hydroxyl groups is 1. The normalized spacial score (nSPS) is 29.0. The zero-order chi connectivity index (χ0) is 9.45. The summed E-state index contributed by atoms with van der Waals surface area (Å²) in [6.45, 7) is 5.69. The van der Waals surface area contributed by atoms with Gasteiger partial charge in [0.1, 0.15) is 0 Å². The van der Waals surface area contributed by atoms with Gasteiger partial charge in [0.15, 0.2) is 8.32 Å². The smallest absolute Gasteiger partial charge is 0.189 e. The molecule has 1 heterocycles. The van der Waals surface area contributed by atoms with Crippen LogP contribution in [0.4, 0.5) is 0 Å². The lowest BCUT2D eigenvalue weighted by atomic mass is 10.4. The molecular weight excluding hydrogens is 168 g/mol. The zero-order valence-corrected chi connectivity index (χ0v) is 9.60. The molecule has 0 amide bonds. The molecule has 0 spiro atoms. The highest BCUT2D eigenvalue weighted by molar-refractivity contribution is 6.72. The summed E-state index contributed by atoms with van der Waals surface area (Å²) >= 11 is 0. The van der Waals surface area contributed by atoms with Crippen molar-refractivity contribution in [1.82, 2.24) is 0 Å². The van der Waals surface area contributed by atoms with Gasteiger partial charge in [-0.1, -0.05) is 19.8 Å². The van der Waals surface area contributed by atoms with E-state index in [1.165, 1.54) is 31.4 Å². The molecule has 74 valence electrons. The fraction of sp³-hybridized carbons (Fsp3) is 1.00. The Morgan fingerprint density at radius 3 is 2.42 bits per heavy atom. The summed E-state index contributed by atoms with van der Waals surface area (Å²) < 4.78 is 5.84. The maximum absolute atomic E-state index is 7.00. The van der Waals surface area contributed by atoms with Crippen molar-refractivity contribution in [1.29, 1.82) is 0 Å². The lowest BCUT2D eigenvalue weighted by Crippen LogP contribution is -2.37. The Balaban J connectivity index is 0.000000561. The standard InChI is InChI=1S/C8H18OSi.CH4O/c1-3-7-10(2)8-5-4-6-9-10;1-2/h3-8H2,1-2H3;2H,1H3. The molecule has 1 fully saturated rings. The summed E-state index contributed by atoms with van der Waals surface area (Å²) in [6, 6.07) is 2.77. The van der Waals surface area contributed by atoms with Gasteiger partial charge in [-0.05, 0) is 25.1 Å². The first-order valence-corrected chi connectivity index (χ1v) is 7.68. The van der Waals surface area contributed by atoms with Crippen LogP contribution < -0.4 is 0 Å². The second-order valence-corrected chi connectivity index (χ2v) is 7.69. The van der Waals surface area contributed by atoms with Crippen LogP contribution in [0.5, 0.6) is 0 Å². The maximum atomic E-state index is 7.00. The van der Waals surface area contributed by atoms with E-state index < -0.39 is 8.32 Å². The van der Waals surface area contributed by atoms with Crippen molar-refractivity contribution in [3.8, 4) is 0 Å². The fourth-order valence-electron chi connectivity index (χ4n) is 1.72. The first-order valence-electron chi connectivity index (χ1n) is 4.85. The van der Waals surface area contributed by atoms with Crippen molar-refractivity contribution in [3.05, 3.63) is 0 Å². The van der Waals surface area contributed by atoms with Gasteiger partial charge in [-0.3, -0.25) is 0 Å². The van der Waals surface area contributed by atoms with Crippen LogP contribution in [0, 0.1) is 0 Å². The van der Waals surface area contributed by atoms with E-state index in [2.05, 4.69) is 13.5 Å². The Bertz CT molecular complexity index is 95.2. The molecule has 1 unspecified atom stereocenters. The summed E-state index contributed by atoms with van der Waals surface area (Å²) in [5.74, 6) is 0. The third-order valence-electron chi connectivity index (χ3n) is 2.33. The van der Waals surface area contributed by atoms with Gasteiger partial charge in [-0.15, -0.1) is 0 Å². The summed E-state index contributed by atoms with van der Waals surface area (Å²) in [5.41, 5.74) is 0. The van der Waals surface area contributed by atoms with Crippen LogP contribution in [0.2, 0.25) is 18.6 Å². The Morgan fingerprint density at radius 2 is 2.00 bits per heavy atom. The minimum Gasteiger partial charge on any atom is -0.417 e. The average Bonchev–Trinajstić information content (AvgIpc) is 2.09. The minimum atomic E-state index is -1.14. The van der Waals surface area contributed by atoms with E-state index >= 15 is 0 Å². The molecule has 12 heavy (non-hydrogen) atoms. The molecule has 0 bridgehead atoms. The predicted octanol–water partition coefficient (Wildman–Crippen LogP) is 2.39. The van der Waals surface area contributed by atoms with Crippen molar-refractivity contribution in [2.24, 2.45) is 0 Å². The average molecular weight is 190 g/mol. The van der Waals surface area contributed by atoms with E-state index in [1.54, 1.807) is 0 Å². The number of rotatable bonds is 2. The topological polar surface area (TPSA) is 29.5 Å². The van der Waals surface area contributed by atoms with Crippen LogP contribution in [0.15, 0.2) is 0 Å². The number of hydrogen-bond acceptors (Lipinski definition) is 2. The van der Waals surface area contributed by atoms with Crippen LogP contribution in [0.1, 0.15) is 26.2 Å². The summed E-state index contributed by atoms with van der Waals surface area (Å²) in [6.07, 6.45) is 4.03. The largest absolute Gasteiger partial charge is 0.417 e. The molecule has 1 atom stereocenters. The van der Waals surface area contributed by atoms with E-state index in [-0.39, 0.29) is 0 Å². The Morgan fingerprint density at radius 1 is 1.33 bits per heavy atom. The highest BCUT2D eigenvalue weighted by Gasteiger charge is 2.29. The van der Waals surface area contributed by atoms with Gasteiger partial charge in [0.2, 0.25) is 0 Å². The zero-order valence-electron chi connectivity index (χ0n) is 8.60. The molecule has 0 aromatic rings. The van der Waals surface area contributed by atoms with E-state index in [4.69, 9.17) is 9.53 Å². The molecule has 1 rings (SSSR count). The quantitative estimate of drug-likeness (QED) is 0.678. The molecule has 0 radical (unpaired) electrons. The Hall–Kier alpha value is 0.137. The lowest BCUT2D eigenvalue weighted by molar-refractivity contribution is 0.270. The second kappa shape index (κ2) is 6.63. The molecule has 0 aliphatic carbocycles. The van der Waals surface area contributed by atoms with Crippen molar-refractivity contribution in [2.45, 2.75) is 44.8 Å². The minimum absolute atomic E-state index is 1.00. The van der Waals surface area contributed by atoms with Crippen molar-refractivity contribution >= 4 is 8.32 Å².